The first-order chi connectivity index (χ1) is 18.0. The smallest absolute Gasteiger partial charge is 0.309 e. The van der Waals surface area contributed by atoms with Crippen LogP contribution in [0.25, 0.3) is 27.6 Å². The van der Waals surface area contributed by atoms with Gasteiger partial charge in [-0.25, -0.2) is 4.98 Å². The summed E-state index contributed by atoms with van der Waals surface area (Å²) in [7, 11) is 0. The Kier molecular flexibility index (Phi) is 5.97. The third kappa shape index (κ3) is 4.27. The highest BCUT2D eigenvalue weighted by Gasteiger charge is 2.21. The molecular weight excluding hydrogens is 492 g/mol. The molecule has 4 aromatic heterocycles. The van der Waals surface area contributed by atoms with E-state index >= 15 is 0 Å². The summed E-state index contributed by atoms with van der Waals surface area (Å²) < 4.78 is 9.18. The van der Waals surface area contributed by atoms with Crippen LogP contribution in [0, 0.1) is 0 Å². The maximum absolute atomic E-state index is 12.9. The van der Waals surface area contributed by atoms with Crippen LogP contribution in [0.2, 0.25) is 0 Å². The Morgan fingerprint density at radius 3 is 2.54 bits per heavy atom. The van der Waals surface area contributed by atoms with Crippen molar-refractivity contribution in [1.29, 1.82) is 0 Å². The molecule has 5 heterocycles. The van der Waals surface area contributed by atoms with E-state index in [2.05, 4.69) is 24.9 Å². The number of aromatic nitrogens is 5. The standard InChI is InChI=1S/C25H26N8O3S/c1-2-18(34)16-5-7-17(8-6-16)31-12-9-30(10-13-31)11-14-32-22-20(37-25(32)35)23-27-21(19-4-3-15-36-19)29-33(23)24(26)28-22/h3-8,15H,2,9-14H2,1H3,(H2,26,28). The lowest BCUT2D eigenvalue weighted by molar-refractivity contribution is 0.0988. The van der Waals surface area contributed by atoms with Crippen LogP contribution in [0.15, 0.2) is 51.9 Å². The van der Waals surface area contributed by atoms with Gasteiger partial charge in [-0.2, -0.15) is 9.50 Å². The Hall–Kier alpha value is -4.03. The summed E-state index contributed by atoms with van der Waals surface area (Å²) in [6.45, 7) is 6.62. The first-order valence-corrected chi connectivity index (χ1v) is 13.0. The molecule has 1 aliphatic rings. The largest absolute Gasteiger partial charge is 0.461 e. The molecule has 190 valence electrons. The highest BCUT2D eigenvalue weighted by Crippen LogP contribution is 2.25. The quantitative estimate of drug-likeness (QED) is 0.323. The molecule has 6 rings (SSSR count). The first-order valence-electron chi connectivity index (χ1n) is 12.2. The molecule has 11 nitrogen and oxygen atoms in total. The molecular formula is C25H26N8O3S. The van der Waals surface area contributed by atoms with E-state index in [0.29, 0.717) is 40.5 Å². The van der Waals surface area contributed by atoms with Crippen molar-refractivity contribution < 1.29 is 9.21 Å². The number of carbonyl (C=O) groups is 1. The number of benzene rings is 1. The number of fused-ring (bicyclic) bond motifs is 3. The minimum Gasteiger partial charge on any atom is -0.461 e. The normalized spacial score (nSPS) is 14.7. The van der Waals surface area contributed by atoms with Gasteiger partial charge in [-0.05, 0) is 36.4 Å². The molecule has 5 aromatic rings. The molecule has 2 N–H and O–H groups in total. The zero-order valence-corrected chi connectivity index (χ0v) is 21.1. The summed E-state index contributed by atoms with van der Waals surface area (Å²) in [6.07, 6.45) is 2.07. The molecule has 0 radical (unpaired) electrons. The van der Waals surface area contributed by atoms with Crippen LogP contribution in [0.4, 0.5) is 11.6 Å². The molecule has 37 heavy (non-hydrogen) atoms. The van der Waals surface area contributed by atoms with Crippen molar-refractivity contribution in [2.45, 2.75) is 19.9 Å². The van der Waals surface area contributed by atoms with Gasteiger partial charge in [0.15, 0.2) is 22.8 Å². The number of furan rings is 1. The number of thiazole rings is 1. The first kappa shape index (κ1) is 23.4. The Balaban J connectivity index is 1.16. The number of anilines is 2. The van der Waals surface area contributed by atoms with Crippen LogP contribution in [0.5, 0.6) is 0 Å². The summed E-state index contributed by atoms with van der Waals surface area (Å²) in [4.78, 5) is 38.4. The van der Waals surface area contributed by atoms with Crippen LogP contribution in [0.3, 0.4) is 0 Å². The van der Waals surface area contributed by atoms with Crippen LogP contribution >= 0.6 is 11.3 Å². The minimum atomic E-state index is -0.0992. The average Bonchev–Trinajstić information content (AvgIpc) is 3.67. The van der Waals surface area contributed by atoms with E-state index in [1.165, 1.54) is 4.52 Å². The molecule has 0 spiro atoms. The Bertz CT molecular complexity index is 1630. The third-order valence-electron chi connectivity index (χ3n) is 6.75. The molecule has 0 amide bonds. The fourth-order valence-electron chi connectivity index (χ4n) is 4.67. The summed E-state index contributed by atoms with van der Waals surface area (Å²) >= 11 is 1.10. The number of piperazine rings is 1. The van der Waals surface area contributed by atoms with Gasteiger partial charge < -0.3 is 15.1 Å². The summed E-state index contributed by atoms with van der Waals surface area (Å²) in [5.74, 6) is 1.24. The van der Waals surface area contributed by atoms with Crippen LogP contribution in [0.1, 0.15) is 23.7 Å². The van der Waals surface area contributed by atoms with Gasteiger partial charge in [-0.15, -0.1) is 5.10 Å². The van der Waals surface area contributed by atoms with Gasteiger partial charge in [-0.1, -0.05) is 18.3 Å². The maximum Gasteiger partial charge on any atom is 0.309 e. The number of hydrogen-bond acceptors (Lipinski definition) is 10. The van der Waals surface area contributed by atoms with E-state index in [9.17, 15) is 9.59 Å². The van der Waals surface area contributed by atoms with E-state index in [-0.39, 0.29) is 16.6 Å². The predicted molar refractivity (Wildman–Crippen MR) is 142 cm³/mol. The molecule has 0 bridgehead atoms. The molecule has 1 aliphatic heterocycles. The highest BCUT2D eigenvalue weighted by atomic mass is 32.1. The van der Waals surface area contributed by atoms with E-state index in [0.717, 1.165) is 55.3 Å². The van der Waals surface area contributed by atoms with E-state index < -0.39 is 0 Å². The van der Waals surface area contributed by atoms with Gasteiger partial charge in [0.2, 0.25) is 11.8 Å². The second kappa shape index (κ2) is 9.45. The van der Waals surface area contributed by atoms with Gasteiger partial charge in [-0.3, -0.25) is 19.1 Å². The number of carbonyl (C=O) groups excluding carboxylic acids is 1. The lowest BCUT2D eigenvalue weighted by atomic mass is 10.1. The molecule has 1 saturated heterocycles. The summed E-state index contributed by atoms with van der Waals surface area (Å²) in [6, 6.07) is 11.4. The fraction of sp³-hybridized carbons (Fsp3) is 0.320. The lowest BCUT2D eigenvalue weighted by Gasteiger charge is -2.36. The molecule has 12 heteroatoms. The Labute approximate surface area is 215 Å². The van der Waals surface area contributed by atoms with Gasteiger partial charge in [0.25, 0.3) is 0 Å². The van der Waals surface area contributed by atoms with E-state index in [4.69, 9.17) is 10.2 Å². The van der Waals surface area contributed by atoms with Gasteiger partial charge >= 0.3 is 4.87 Å². The average molecular weight is 519 g/mol. The van der Waals surface area contributed by atoms with Crippen molar-refractivity contribution in [3.8, 4) is 11.6 Å². The molecule has 1 fully saturated rings. The van der Waals surface area contributed by atoms with Crippen molar-refractivity contribution in [3.05, 3.63) is 57.9 Å². The second-order valence-corrected chi connectivity index (χ2v) is 9.90. The third-order valence-corrected chi connectivity index (χ3v) is 7.71. The number of hydrogen-bond donors (Lipinski definition) is 1. The number of ketones is 1. The predicted octanol–water partition coefficient (Wildman–Crippen LogP) is 2.76. The maximum atomic E-state index is 12.9. The van der Waals surface area contributed by atoms with Crippen molar-refractivity contribution >= 4 is 44.8 Å². The zero-order chi connectivity index (χ0) is 25.5. The summed E-state index contributed by atoms with van der Waals surface area (Å²) in [5.41, 5.74) is 9.09. The van der Waals surface area contributed by atoms with Crippen molar-refractivity contribution in [3.63, 3.8) is 0 Å². The number of rotatable bonds is 7. The van der Waals surface area contributed by atoms with Crippen LogP contribution in [-0.2, 0) is 6.54 Å². The molecule has 0 unspecified atom stereocenters. The fourth-order valence-corrected chi connectivity index (χ4v) is 5.60. The zero-order valence-electron chi connectivity index (χ0n) is 20.3. The van der Waals surface area contributed by atoms with Gasteiger partial charge in [0.1, 0.15) is 4.70 Å². The van der Waals surface area contributed by atoms with Crippen molar-refractivity contribution in [2.75, 3.05) is 43.4 Å². The van der Waals surface area contributed by atoms with Crippen LogP contribution in [-0.4, -0.2) is 67.6 Å². The molecule has 1 aromatic carbocycles. The van der Waals surface area contributed by atoms with Gasteiger partial charge in [0, 0.05) is 56.9 Å². The lowest BCUT2D eigenvalue weighted by Crippen LogP contribution is -2.47. The molecule has 0 saturated carbocycles. The molecule has 0 aliphatic carbocycles. The van der Waals surface area contributed by atoms with Gasteiger partial charge in [0.05, 0.1) is 6.26 Å². The monoisotopic (exact) mass is 518 g/mol. The Morgan fingerprint density at radius 1 is 1.05 bits per heavy atom. The van der Waals surface area contributed by atoms with Crippen LogP contribution < -0.4 is 15.5 Å². The van der Waals surface area contributed by atoms with E-state index in [1.54, 1.807) is 23.0 Å². The summed E-state index contributed by atoms with van der Waals surface area (Å²) in [5, 5.41) is 4.40. The topological polar surface area (TPSA) is 128 Å². The van der Waals surface area contributed by atoms with Crippen molar-refractivity contribution in [2.24, 2.45) is 0 Å². The number of Topliss-reactive ketones (excluding diaryl/α,β-unsaturated/α-hetero) is 1. The Morgan fingerprint density at radius 2 is 1.84 bits per heavy atom. The van der Waals surface area contributed by atoms with Crippen molar-refractivity contribution in [1.82, 2.24) is 29.0 Å². The molecule has 0 atom stereocenters. The number of nitrogens with two attached hydrogens (primary N) is 1. The minimum absolute atomic E-state index is 0.0992. The van der Waals surface area contributed by atoms with E-state index in [1.807, 2.05) is 31.2 Å². The number of nitrogens with zero attached hydrogens (tertiary/aromatic N) is 7. The highest BCUT2D eigenvalue weighted by molar-refractivity contribution is 7.17. The second-order valence-electron chi connectivity index (χ2n) is 8.94. The number of nitrogen functional groups attached to an aromatic ring is 1. The SMILES string of the molecule is CCC(=O)c1ccc(N2CCN(CCn3c(=O)sc4c3nc(N)n3nc(-c5ccco5)nc43)CC2)cc1.